The largest absolute Gasteiger partial charge is 0.484 e. The molecule has 0 fully saturated rings. The molecular formula is C23H22N4O4. The molecule has 8 heteroatoms. The first-order valence-electron chi connectivity index (χ1n) is 9.54. The zero-order valence-corrected chi connectivity index (χ0v) is 17.2. The van der Waals surface area contributed by atoms with Crippen LogP contribution in [0.4, 0.5) is 17.1 Å². The quantitative estimate of drug-likeness (QED) is 0.314. The number of rotatable bonds is 8. The van der Waals surface area contributed by atoms with E-state index in [1.165, 1.54) is 17.7 Å². The minimum atomic E-state index is -0.455. The number of non-ortho nitro benzene ring substituents is 1. The Balaban J connectivity index is 1.47. The lowest BCUT2D eigenvalue weighted by molar-refractivity contribution is -0.384. The van der Waals surface area contributed by atoms with Crippen LogP contribution in [0.3, 0.4) is 0 Å². The molecule has 0 aliphatic heterocycles. The van der Waals surface area contributed by atoms with Gasteiger partial charge in [0.25, 0.3) is 11.6 Å². The third-order valence-corrected chi connectivity index (χ3v) is 4.53. The lowest BCUT2D eigenvalue weighted by Gasteiger charge is -2.09. The van der Waals surface area contributed by atoms with Crippen molar-refractivity contribution in [2.75, 3.05) is 17.3 Å². The van der Waals surface area contributed by atoms with Crippen molar-refractivity contribution in [1.29, 1.82) is 0 Å². The maximum Gasteiger partial charge on any atom is 0.269 e. The molecule has 3 aromatic carbocycles. The van der Waals surface area contributed by atoms with E-state index in [-0.39, 0.29) is 18.2 Å². The van der Waals surface area contributed by atoms with Crippen LogP contribution in [0.25, 0.3) is 0 Å². The molecular weight excluding hydrogens is 396 g/mol. The minimum absolute atomic E-state index is 0.0211. The van der Waals surface area contributed by atoms with Crippen LogP contribution in [0.2, 0.25) is 0 Å². The van der Waals surface area contributed by atoms with Crippen LogP contribution in [0.15, 0.2) is 71.8 Å². The zero-order chi connectivity index (χ0) is 22.2. The summed E-state index contributed by atoms with van der Waals surface area (Å²) < 4.78 is 5.53. The Kier molecular flexibility index (Phi) is 6.95. The van der Waals surface area contributed by atoms with Crippen molar-refractivity contribution in [3.8, 4) is 5.75 Å². The van der Waals surface area contributed by atoms with Crippen LogP contribution in [0.5, 0.6) is 5.75 Å². The molecule has 31 heavy (non-hydrogen) atoms. The van der Waals surface area contributed by atoms with Gasteiger partial charge < -0.3 is 10.1 Å². The highest BCUT2D eigenvalue weighted by molar-refractivity contribution is 5.92. The highest BCUT2D eigenvalue weighted by Gasteiger charge is 2.05. The maximum atomic E-state index is 12.1. The predicted molar refractivity (Wildman–Crippen MR) is 121 cm³/mol. The smallest absolute Gasteiger partial charge is 0.269 e. The summed E-state index contributed by atoms with van der Waals surface area (Å²) in [5.74, 6) is 0.330. The fraction of sp³-hybridized carbons (Fsp3) is 0.130. The third-order valence-electron chi connectivity index (χ3n) is 4.53. The molecule has 0 radical (unpaired) electrons. The average molecular weight is 418 g/mol. The summed E-state index contributed by atoms with van der Waals surface area (Å²) in [5, 5.41) is 17.6. The van der Waals surface area contributed by atoms with Crippen LogP contribution in [0, 0.1) is 24.0 Å². The van der Waals surface area contributed by atoms with Gasteiger partial charge in [-0.15, -0.1) is 0 Å². The minimum Gasteiger partial charge on any atom is -0.484 e. The summed E-state index contributed by atoms with van der Waals surface area (Å²) in [4.78, 5) is 22.3. The van der Waals surface area contributed by atoms with Crippen LogP contribution < -0.4 is 15.5 Å². The maximum absolute atomic E-state index is 12.1. The zero-order valence-electron chi connectivity index (χ0n) is 17.2. The van der Waals surface area contributed by atoms with Crippen molar-refractivity contribution < 1.29 is 14.5 Å². The summed E-state index contributed by atoms with van der Waals surface area (Å²) in [6.45, 7) is 3.92. The molecule has 0 heterocycles. The van der Waals surface area contributed by atoms with Gasteiger partial charge >= 0.3 is 0 Å². The summed E-state index contributed by atoms with van der Waals surface area (Å²) in [7, 11) is 0. The van der Waals surface area contributed by atoms with E-state index in [9.17, 15) is 14.9 Å². The number of nitro benzene ring substituents is 1. The van der Waals surface area contributed by atoms with E-state index in [0.29, 0.717) is 11.4 Å². The highest BCUT2D eigenvalue weighted by atomic mass is 16.6. The topological polar surface area (TPSA) is 106 Å². The number of hydrazone groups is 1. The number of carbonyl (C=O) groups is 1. The second-order valence-electron chi connectivity index (χ2n) is 6.88. The van der Waals surface area contributed by atoms with E-state index in [1.807, 2.05) is 32.0 Å². The van der Waals surface area contributed by atoms with Crippen molar-refractivity contribution in [3.05, 3.63) is 93.5 Å². The number of ether oxygens (including phenoxy) is 1. The number of aryl methyl sites for hydroxylation is 2. The number of carbonyl (C=O) groups excluding carboxylic acids is 1. The molecule has 0 aromatic heterocycles. The molecule has 1 amide bonds. The summed E-state index contributed by atoms with van der Waals surface area (Å²) in [5.41, 5.74) is 7.30. The SMILES string of the molecule is Cc1ccc(NC(=O)COc2ccc(/C=N\Nc3ccc([N+](=O)[O-])cc3)cc2)cc1C. The Morgan fingerprint density at radius 1 is 1.00 bits per heavy atom. The van der Waals surface area contributed by atoms with Crippen LogP contribution in [-0.2, 0) is 4.79 Å². The number of benzene rings is 3. The molecule has 0 aliphatic rings. The number of nitrogens with zero attached hydrogens (tertiary/aromatic N) is 2. The molecule has 158 valence electrons. The summed E-state index contributed by atoms with van der Waals surface area (Å²) in [6.07, 6.45) is 1.61. The Morgan fingerprint density at radius 3 is 2.32 bits per heavy atom. The van der Waals surface area contributed by atoms with Gasteiger partial charge in [0, 0.05) is 17.8 Å². The van der Waals surface area contributed by atoms with E-state index in [4.69, 9.17) is 4.74 Å². The number of amides is 1. The molecule has 0 saturated heterocycles. The first kappa shape index (κ1) is 21.5. The number of hydrogen-bond acceptors (Lipinski definition) is 6. The second-order valence-corrected chi connectivity index (χ2v) is 6.88. The Hall–Kier alpha value is -4.20. The number of hydrogen-bond donors (Lipinski definition) is 2. The van der Waals surface area contributed by atoms with E-state index in [1.54, 1.807) is 42.6 Å². The van der Waals surface area contributed by atoms with Crippen molar-refractivity contribution in [2.45, 2.75) is 13.8 Å². The molecule has 0 atom stereocenters. The van der Waals surface area contributed by atoms with Gasteiger partial charge in [-0.3, -0.25) is 20.3 Å². The molecule has 0 bridgehead atoms. The first-order chi connectivity index (χ1) is 14.9. The van der Waals surface area contributed by atoms with E-state index >= 15 is 0 Å². The van der Waals surface area contributed by atoms with Gasteiger partial charge in [-0.25, -0.2) is 0 Å². The number of nitrogens with one attached hydrogen (secondary N) is 2. The van der Waals surface area contributed by atoms with Crippen molar-refractivity contribution in [1.82, 2.24) is 0 Å². The lowest BCUT2D eigenvalue weighted by atomic mass is 10.1. The Bertz CT molecular complexity index is 1090. The van der Waals surface area contributed by atoms with E-state index in [0.717, 1.165) is 16.8 Å². The second kappa shape index (κ2) is 10.0. The molecule has 8 nitrogen and oxygen atoms in total. The molecule has 0 aliphatic carbocycles. The number of anilines is 2. The first-order valence-corrected chi connectivity index (χ1v) is 9.54. The molecule has 2 N–H and O–H groups in total. The van der Waals surface area contributed by atoms with Crippen LogP contribution in [-0.4, -0.2) is 23.7 Å². The number of nitro groups is 1. The molecule has 0 saturated carbocycles. The standard InChI is InChI=1S/C23H22N4O4/c1-16-3-6-20(13-17(16)2)25-23(28)15-31-22-11-4-18(5-12-22)14-24-26-19-7-9-21(10-8-19)27(29)30/h3-14,26H,15H2,1-2H3,(H,25,28)/b24-14-. The van der Waals surface area contributed by atoms with Crippen molar-refractivity contribution >= 4 is 29.2 Å². The highest BCUT2D eigenvalue weighted by Crippen LogP contribution is 2.16. The molecule has 3 aromatic rings. The molecule has 3 rings (SSSR count). The predicted octanol–water partition coefficient (Wildman–Crippen LogP) is 4.68. The normalized spacial score (nSPS) is 10.6. The Morgan fingerprint density at radius 2 is 1.68 bits per heavy atom. The van der Waals surface area contributed by atoms with Gasteiger partial charge in [-0.2, -0.15) is 5.10 Å². The van der Waals surface area contributed by atoms with Gasteiger partial charge in [0.1, 0.15) is 5.75 Å². The fourth-order valence-corrected chi connectivity index (χ4v) is 2.65. The van der Waals surface area contributed by atoms with Crippen molar-refractivity contribution in [2.24, 2.45) is 5.10 Å². The van der Waals surface area contributed by atoms with E-state index in [2.05, 4.69) is 15.8 Å². The van der Waals surface area contributed by atoms with Crippen LogP contribution in [0.1, 0.15) is 16.7 Å². The lowest BCUT2D eigenvalue weighted by Crippen LogP contribution is -2.20. The van der Waals surface area contributed by atoms with Gasteiger partial charge in [-0.1, -0.05) is 6.07 Å². The summed E-state index contributed by atoms with van der Waals surface area (Å²) in [6, 6.07) is 18.8. The molecule has 0 spiro atoms. The van der Waals surface area contributed by atoms with Crippen molar-refractivity contribution in [3.63, 3.8) is 0 Å². The Labute approximate surface area is 179 Å². The van der Waals surface area contributed by atoms with Crippen LogP contribution >= 0.6 is 0 Å². The monoisotopic (exact) mass is 418 g/mol. The average Bonchev–Trinajstić information content (AvgIpc) is 2.76. The molecule has 0 unspecified atom stereocenters. The fourth-order valence-electron chi connectivity index (χ4n) is 2.65. The van der Waals surface area contributed by atoms with Gasteiger partial charge in [0.05, 0.1) is 16.8 Å². The third kappa shape index (κ3) is 6.40. The summed E-state index contributed by atoms with van der Waals surface area (Å²) >= 11 is 0. The van der Waals surface area contributed by atoms with Gasteiger partial charge in [0.2, 0.25) is 0 Å². The van der Waals surface area contributed by atoms with Gasteiger partial charge in [-0.05, 0) is 79.1 Å². The van der Waals surface area contributed by atoms with Gasteiger partial charge in [0.15, 0.2) is 6.61 Å². The van der Waals surface area contributed by atoms with E-state index < -0.39 is 4.92 Å².